The standard InChI is InChI=1S/C23H29NO2/c1-13-14(2)21-12-19(13)11-18(21)8-5-17-6-9-20(10-7-17)24-22(25)15(3)16(4)23(24)26/h6-7,9-10,13-14,18-19,21H,5,8,11-12H2,1-4H3. The van der Waals surface area contributed by atoms with E-state index in [2.05, 4.69) is 26.0 Å². The van der Waals surface area contributed by atoms with Gasteiger partial charge in [-0.3, -0.25) is 9.59 Å². The van der Waals surface area contributed by atoms with E-state index < -0.39 is 0 Å². The summed E-state index contributed by atoms with van der Waals surface area (Å²) >= 11 is 0. The van der Waals surface area contributed by atoms with Crippen LogP contribution in [0.2, 0.25) is 0 Å². The first-order valence-corrected chi connectivity index (χ1v) is 10.0. The van der Waals surface area contributed by atoms with E-state index in [4.69, 9.17) is 0 Å². The number of anilines is 1. The zero-order valence-electron chi connectivity index (χ0n) is 16.3. The van der Waals surface area contributed by atoms with Gasteiger partial charge in [-0.25, -0.2) is 4.90 Å². The molecule has 3 heteroatoms. The van der Waals surface area contributed by atoms with Crippen molar-refractivity contribution < 1.29 is 9.59 Å². The Bertz CT molecular complexity index is 750. The quantitative estimate of drug-likeness (QED) is 0.734. The Balaban J connectivity index is 1.39. The first-order valence-electron chi connectivity index (χ1n) is 10.0. The number of carbonyl (C=O) groups excluding carboxylic acids is 2. The van der Waals surface area contributed by atoms with E-state index in [0.29, 0.717) is 16.8 Å². The maximum absolute atomic E-state index is 12.3. The van der Waals surface area contributed by atoms with Crippen molar-refractivity contribution in [2.45, 2.75) is 53.4 Å². The molecule has 2 bridgehead atoms. The largest absolute Gasteiger partial charge is 0.269 e. The van der Waals surface area contributed by atoms with Gasteiger partial charge in [0, 0.05) is 11.1 Å². The highest BCUT2D eigenvalue weighted by Crippen LogP contribution is 2.56. The van der Waals surface area contributed by atoms with Crippen LogP contribution in [-0.2, 0) is 16.0 Å². The topological polar surface area (TPSA) is 37.4 Å². The molecule has 4 rings (SSSR count). The smallest absolute Gasteiger partial charge is 0.261 e. The van der Waals surface area contributed by atoms with Gasteiger partial charge < -0.3 is 0 Å². The number of aryl methyl sites for hydroxylation is 1. The van der Waals surface area contributed by atoms with Gasteiger partial charge in [-0.1, -0.05) is 26.0 Å². The summed E-state index contributed by atoms with van der Waals surface area (Å²) in [5.74, 6) is 4.16. The molecule has 2 amide bonds. The number of benzene rings is 1. The number of hydrogen-bond donors (Lipinski definition) is 0. The van der Waals surface area contributed by atoms with Crippen molar-refractivity contribution in [1.82, 2.24) is 0 Å². The minimum atomic E-state index is -0.190. The van der Waals surface area contributed by atoms with Gasteiger partial charge in [-0.05, 0) is 86.8 Å². The number of fused-ring (bicyclic) bond motifs is 2. The van der Waals surface area contributed by atoms with E-state index in [1.807, 2.05) is 12.1 Å². The van der Waals surface area contributed by atoms with Crippen LogP contribution < -0.4 is 4.90 Å². The molecule has 3 aliphatic rings. The number of hydrogen-bond acceptors (Lipinski definition) is 2. The molecule has 3 nitrogen and oxygen atoms in total. The highest BCUT2D eigenvalue weighted by Gasteiger charge is 2.48. The average Bonchev–Trinajstić information content (AvgIpc) is 3.24. The fraction of sp³-hybridized carbons (Fsp3) is 0.565. The maximum Gasteiger partial charge on any atom is 0.261 e. The lowest BCUT2D eigenvalue weighted by Gasteiger charge is -2.31. The van der Waals surface area contributed by atoms with Crippen molar-refractivity contribution in [1.29, 1.82) is 0 Å². The molecule has 2 aliphatic carbocycles. The van der Waals surface area contributed by atoms with Crippen molar-refractivity contribution >= 4 is 17.5 Å². The maximum atomic E-state index is 12.3. The lowest BCUT2D eigenvalue weighted by molar-refractivity contribution is -0.120. The third kappa shape index (κ3) is 2.64. The van der Waals surface area contributed by atoms with E-state index in [1.165, 1.54) is 29.7 Å². The van der Waals surface area contributed by atoms with Crippen LogP contribution >= 0.6 is 0 Å². The predicted octanol–water partition coefficient (Wildman–Crippen LogP) is 4.76. The second kappa shape index (κ2) is 6.37. The third-order valence-corrected chi connectivity index (χ3v) is 7.64. The van der Waals surface area contributed by atoms with Gasteiger partial charge in [-0.2, -0.15) is 0 Å². The second-order valence-corrected chi connectivity index (χ2v) is 8.77. The van der Waals surface area contributed by atoms with Crippen LogP contribution in [0, 0.1) is 29.6 Å². The highest BCUT2D eigenvalue weighted by molar-refractivity contribution is 6.32. The summed E-state index contributed by atoms with van der Waals surface area (Å²) in [6.07, 6.45) is 5.21. The summed E-state index contributed by atoms with van der Waals surface area (Å²) in [7, 11) is 0. The van der Waals surface area contributed by atoms with E-state index in [-0.39, 0.29) is 11.8 Å². The van der Waals surface area contributed by atoms with Crippen LogP contribution in [0.1, 0.15) is 52.5 Å². The van der Waals surface area contributed by atoms with Crippen molar-refractivity contribution in [3.63, 3.8) is 0 Å². The van der Waals surface area contributed by atoms with Gasteiger partial charge >= 0.3 is 0 Å². The Hall–Kier alpha value is -1.90. The molecule has 2 fully saturated rings. The SMILES string of the molecule is CC1=C(C)C(=O)N(c2ccc(CCC3CC4CC3C(C)C4C)cc2)C1=O. The Morgan fingerprint density at radius 2 is 1.54 bits per heavy atom. The first kappa shape index (κ1) is 17.5. The number of nitrogens with zero attached hydrogens (tertiary/aromatic N) is 1. The molecule has 2 saturated carbocycles. The Morgan fingerprint density at radius 3 is 2.08 bits per heavy atom. The van der Waals surface area contributed by atoms with Crippen molar-refractivity contribution in [2.24, 2.45) is 29.6 Å². The van der Waals surface area contributed by atoms with Gasteiger partial charge in [0.2, 0.25) is 0 Å². The number of carbonyl (C=O) groups is 2. The Morgan fingerprint density at radius 1 is 0.923 bits per heavy atom. The zero-order chi connectivity index (χ0) is 18.6. The molecule has 0 N–H and O–H groups in total. The van der Waals surface area contributed by atoms with Crippen LogP contribution in [0.25, 0.3) is 0 Å². The van der Waals surface area contributed by atoms with E-state index in [1.54, 1.807) is 13.8 Å². The summed E-state index contributed by atoms with van der Waals surface area (Å²) in [6, 6.07) is 8.00. The minimum Gasteiger partial charge on any atom is -0.269 e. The van der Waals surface area contributed by atoms with E-state index in [0.717, 1.165) is 36.0 Å². The second-order valence-electron chi connectivity index (χ2n) is 8.77. The summed E-state index contributed by atoms with van der Waals surface area (Å²) in [4.78, 5) is 25.9. The molecule has 5 unspecified atom stereocenters. The minimum absolute atomic E-state index is 0.190. The summed E-state index contributed by atoms with van der Waals surface area (Å²) in [6.45, 7) is 8.32. The van der Waals surface area contributed by atoms with Crippen molar-refractivity contribution in [3.8, 4) is 0 Å². The first-order chi connectivity index (χ1) is 12.4. The predicted molar refractivity (Wildman–Crippen MR) is 104 cm³/mol. The lowest BCUT2D eigenvalue weighted by atomic mass is 9.74. The fourth-order valence-electron chi connectivity index (χ4n) is 5.57. The molecule has 0 spiro atoms. The van der Waals surface area contributed by atoms with Gasteiger partial charge in [0.05, 0.1) is 5.69 Å². The third-order valence-electron chi connectivity index (χ3n) is 7.64. The highest BCUT2D eigenvalue weighted by atomic mass is 16.2. The summed E-state index contributed by atoms with van der Waals surface area (Å²) < 4.78 is 0. The Labute approximate surface area is 156 Å². The van der Waals surface area contributed by atoms with Crippen LogP contribution in [0.4, 0.5) is 5.69 Å². The van der Waals surface area contributed by atoms with Gasteiger partial charge in [-0.15, -0.1) is 0 Å². The molecular formula is C23H29NO2. The van der Waals surface area contributed by atoms with Gasteiger partial charge in [0.25, 0.3) is 11.8 Å². The van der Waals surface area contributed by atoms with Crippen LogP contribution in [-0.4, -0.2) is 11.8 Å². The Kier molecular flexibility index (Phi) is 4.29. The number of imide groups is 1. The summed E-state index contributed by atoms with van der Waals surface area (Å²) in [5, 5.41) is 0. The molecule has 1 aliphatic heterocycles. The van der Waals surface area contributed by atoms with Gasteiger partial charge in [0.1, 0.15) is 0 Å². The normalized spacial score (nSPS) is 33.7. The van der Waals surface area contributed by atoms with Crippen LogP contribution in [0.15, 0.2) is 35.4 Å². The number of rotatable bonds is 4. The zero-order valence-corrected chi connectivity index (χ0v) is 16.3. The molecule has 26 heavy (non-hydrogen) atoms. The molecular weight excluding hydrogens is 322 g/mol. The monoisotopic (exact) mass is 351 g/mol. The molecule has 0 aromatic heterocycles. The summed E-state index contributed by atoms with van der Waals surface area (Å²) in [5.41, 5.74) is 3.09. The fourth-order valence-corrected chi connectivity index (χ4v) is 5.57. The van der Waals surface area contributed by atoms with Crippen LogP contribution in [0.3, 0.4) is 0 Å². The average molecular weight is 351 g/mol. The molecule has 0 radical (unpaired) electrons. The molecule has 0 saturated heterocycles. The van der Waals surface area contributed by atoms with Gasteiger partial charge in [0.15, 0.2) is 0 Å². The van der Waals surface area contributed by atoms with Crippen LogP contribution in [0.5, 0.6) is 0 Å². The van der Waals surface area contributed by atoms with Crippen molar-refractivity contribution in [3.05, 3.63) is 41.0 Å². The molecule has 138 valence electrons. The molecule has 1 aromatic carbocycles. The van der Waals surface area contributed by atoms with E-state index in [9.17, 15) is 9.59 Å². The van der Waals surface area contributed by atoms with Crippen molar-refractivity contribution in [2.75, 3.05) is 4.90 Å². The van der Waals surface area contributed by atoms with E-state index >= 15 is 0 Å². The lowest BCUT2D eigenvalue weighted by Crippen LogP contribution is -2.31. The molecule has 1 heterocycles. The molecule has 5 atom stereocenters. The number of amides is 2. The molecule has 1 aromatic rings.